The number of hydrogen-bond donors (Lipinski definition) is 1. The third-order valence-corrected chi connectivity index (χ3v) is 0.511. The van der Waals surface area contributed by atoms with Crippen molar-refractivity contribution in [3.8, 4) is 0 Å². The SMILES string of the molecule is N=C([O-])CCCl. The van der Waals surface area contributed by atoms with Crippen molar-refractivity contribution in [2.45, 2.75) is 6.42 Å². The van der Waals surface area contributed by atoms with Crippen LogP contribution >= 0.6 is 11.6 Å². The Morgan fingerprint density at radius 2 is 2.33 bits per heavy atom. The molecule has 0 heterocycles. The molecule has 2 nitrogen and oxygen atoms in total. The molecule has 0 atom stereocenters. The first kappa shape index (κ1) is 5.76. The highest BCUT2D eigenvalue weighted by atomic mass is 35.5. The molecule has 6 heavy (non-hydrogen) atoms. The van der Waals surface area contributed by atoms with Gasteiger partial charge in [-0.25, -0.2) is 0 Å². The van der Waals surface area contributed by atoms with E-state index in [1.54, 1.807) is 0 Å². The van der Waals surface area contributed by atoms with Crippen LogP contribution in [0.2, 0.25) is 0 Å². The van der Waals surface area contributed by atoms with E-state index < -0.39 is 5.90 Å². The van der Waals surface area contributed by atoms with E-state index in [0.29, 0.717) is 0 Å². The molecule has 0 saturated heterocycles. The first-order chi connectivity index (χ1) is 2.77. The van der Waals surface area contributed by atoms with Gasteiger partial charge in [0.15, 0.2) is 0 Å². The minimum absolute atomic E-state index is 0.168. The van der Waals surface area contributed by atoms with Gasteiger partial charge in [-0.2, -0.15) is 0 Å². The number of halogens is 1. The van der Waals surface area contributed by atoms with Crippen LogP contribution in [0.1, 0.15) is 6.42 Å². The summed E-state index contributed by atoms with van der Waals surface area (Å²) < 4.78 is 0. The Hall–Kier alpha value is -0.240. The molecule has 0 saturated carbocycles. The van der Waals surface area contributed by atoms with Crippen molar-refractivity contribution in [2.75, 3.05) is 5.88 Å². The minimum atomic E-state index is -0.593. The van der Waals surface area contributed by atoms with Crippen LogP contribution in [0.4, 0.5) is 0 Å². The largest absolute Gasteiger partial charge is 0.862 e. The van der Waals surface area contributed by atoms with E-state index in [9.17, 15) is 5.11 Å². The maximum atomic E-state index is 9.63. The van der Waals surface area contributed by atoms with Gasteiger partial charge >= 0.3 is 0 Å². The average Bonchev–Trinajstić information content (AvgIpc) is 1.35. The number of rotatable bonds is 2. The Kier molecular flexibility index (Phi) is 2.85. The fourth-order valence-electron chi connectivity index (χ4n) is 0.0858. The van der Waals surface area contributed by atoms with Gasteiger partial charge in [0.25, 0.3) is 0 Å². The van der Waals surface area contributed by atoms with Gasteiger partial charge in [-0.15, -0.1) is 11.6 Å². The third-order valence-electron chi connectivity index (χ3n) is 0.322. The second-order valence-electron chi connectivity index (χ2n) is 0.862. The normalized spacial score (nSPS) is 8.17. The van der Waals surface area contributed by atoms with Crippen LogP contribution in [0.5, 0.6) is 0 Å². The van der Waals surface area contributed by atoms with Gasteiger partial charge < -0.3 is 10.5 Å². The van der Waals surface area contributed by atoms with E-state index in [2.05, 4.69) is 0 Å². The number of nitrogens with one attached hydrogen (secondary N) is 1. The van der Waals surface area contributed by atoms with E-state index in [4.69, 9.17) is 17.0 Å². The predicted octanol–water partition coefficient (Wildman–Crippen LogP) is -0.0471. The van der Waals surface area contributed by atoms with Crippen molar-refractivity contribution in [3.05, 3.63) is 0 Å². The molecule has 0 aromatic rings. The quantitative estimate of drug-likeness (QED) is 0.300. The highest BCUT2D eigenvalue weighted by molar-refractivity contribution is 6.18. The molecular weight excluding hydrogens is 101 g/mol. The highest BCUT2D eigenvalue weighted by Crippen LogP contribution is 1.78. The van der Waals surface area contributed by atoms with Crippen molar-refractivity contribution in [1.29, 1.82) is 5.41 Å². The zero-order valence-electron chi connectivity index (χ0n) is 3.20. The van der Waals surface area contributed by atoms with Gasteiger partial charge in [0.2, 0.25) is 0 Å². The molecular formula is C3H5ClNO-. The molecule has 0 radical (unpaired) electrons. The average molecular weight is 107 g/mol. The molecule has 0 rings (SSSR count). The molecule has 0 aromatic carbocycles. The van der Waals surface area contributed by atoms with Gasteiger partial charge in [0.05, 0.1) is 0 Å². The summed E-state index contributed by atoms with van der Waals surface area (Å²) in [5, 5.41) is 15.9. The summed E-state index contributed by atoms with van der Waals surface area (Å²) in [5.74, 6) is -0.326. The summed E-state index contributed by atoms with van der Waals surface area (Å²) in [4.78, 5) is 0. The molecule has 36 valence electrons. The molecule has 0 unspecified atom stereocenters. The Labute approximate surface area is 41.3 Å². The lowest BCUT2D eigenvalue weighted by Gasteiger charge is -1.99. The van der Waals surface area contributed by atoms with Gasteiger partial charge in [-0.05, 0) is 12.3 Å². The van der Waals surface area contributed by atoms with Crippen LogP contribution < -0.4 is 5.11 Å². The molecule has 0 spiro atoms. The second kappa shape index (κ2) is 2.97. The maximum Gasteiger partial charge on any atom is 0.0266 e. The molecule has 0 fully saturated rings. The topological polar surface area (TPSA) is 46.9 Å². The lowest BCUT2D eigenvalue weighted by molar-refractivity contribution is -0.219. The first-order valence-electron chi connectivity index (χ1n) is 1.57. The van der Waals surface area contributed by atoms with Crippen molar-refractivity contribution < 1.29 is 5.11 Å². The minimum Gasteiger partial charge on any atom is -0.862 e. The summed E-state index contributed by atoms with van der Waals surface area (Å²) in [7, 11) is 0. The van der Waals surface area contributed by atoms with Gasteiger partial charge in [0, 0.05) is 5.88 Å². The molecule has 0 aliphatic heterocycles. The lowest BCUT2D eigenvalue weighted by atomic mass is 10.5. The predicted molar refractivity (Wildman–Crippen MR) is 23.1 cm³/mol. The Bertz CT molecular complexity index is 54.8. The molecule has 0 aliphatic carbocycles. The molecule has 3 heteroatoms. The third kappa shape index (κ3) is 3.76. The molecule has 0 aromatic heterocycles. The van der Waals surface area contributed by atoms with E-state index in [-0.39, 0.29) is 12.3 Å². The van der Waals surface area contributed by atoms with Crippen molar-refractivity contribution in [3.63, 3.8) is 0 Å². The van der Waals surface area contributed by atoms with Crippen LogP contribution in [0.3, 0.4) is 0 Å². The Balaban J connectivity index is 2.83. The van der Waals surface area contributed by atoms with E-state index in [0.717, 1.165) is 0 Å². The van der Waals surface area contributed by atoms with E-state index >= 15 is 0 Å². The first-order valence-corrected chi connectivity index (χ1v) is 2.11. The Morgan fingerprint density at radius 1 is 1.83 bits per heavy atom. The molecule has 0 aliphatic rings. The highest BCUT2D eigenvalue weighted by Gasteiger charge is 1.73. The summed E-state index contributed by atoms with van der Waals surface area (Å²) in [6, 6.07) is 0. The summed E-state index contributed by atoms with van der Waals surface area (Å²) in [6.07, 6.45) is 0.168. The molecule has 0 amide bonds. The fourth-order valence-corrected chi connectivity index (χ4v) is 0.257. The number of alkyl halides is 1. The standard InChI is InChI=1S/C3H6ClNO/c4-2-1-3(5)6/h1-2H2,(H2,5,6)/p-1. The van der Waals surface area contributed by atoms with Gasteiger partial charge in [-0.3, -0.25) is 0 Å². The zero-order valence-corrected chi connectivity index (χ0v) is 3.96. The van der Waals surface area contributed by atoms with Crippen LogP contribution in [-0.2, 0) is 0 Å². The van der Waals surface area contributed by atoms with Gasteiger partial charge in [0.1, 0.15) is 0 Å². The lowest BCUT2D eigenvalue weighted by Crippen LogP contribution is -2.15. The summed E-state index contributed by atoms with van der Waals surface area (Å²) in [6.45, 7) is 0. The zero-order chi connectivity index (χ0) is 4.99. The summed E-state index contributed by atoms with van der Waals surface area (Å²) in [5.41, 5.74) is 0. The van der Waals surface area contributed by atoms with Crippen LogP contribution in [-0.4, -0.2) is 11.8 Å². The monoisotopic (exact) mass is 106 g/mol. The van der Waals surface area contributed by atoms with Crippen molar-refractivity contribution >= 4 is 17.5 Å². The van der Waals surface area contributed by atoms with Crippen molar-refractivity contribution in [1.82, 2.24) is 0 Å². The van der Waals surface area contributed by atoms with Gasteiger partial charge in [-0.1, -0.05) is 0 Å². The van der Waals surface area contributed by atoms with Crippen LogP contribution in [0.25, 0.3) is 0 Å². The maximum absolute atomic E-state index is 9.63. The van der Waals surface area contributed by atoms with E-state index in [1.165, 1.54) is 0 Å². The second-order valence-corrected chi connectivity index (χ2v) is 1.24. The van der Waals surface area contributed by atoms with Crippen molar-refractivity contribution in [2.24, 2.45) is 0 Å². The van der Waals surface area contributed by atoms with E-state index in [1.807, 2.05) is 0 Å². The molecule has 0 bridgehead atoms. The van der Waals surface area contributed by atoms with Crippen LogP contribution in [0, 0.1) is 5.41 Å². The summed E-state index contributed by atoms with van der Waals surface area (Å²) >= 11 is 5.06. The number of hydrogen-bond acceptors (Lipinski definition) is 2. The fraction of sp³-hybridized carbons (Fsp3) is 0.667. The van der Waals surface area contributed by atoms with Crippen LogP contribution in [0.15, 0.2) is 0 Å². The molecule has 1 N–H and O–H groups in total. The smallest absolute Gasteiger partial charge is 0.0266 e. The Morgan fingerprint density at radius 3 is 2.33 bits per heavy atom.